The van der Waals surface area contributed by atoms with Gasteiger partial charge in [-0.15, -0.1) is 0 Å². The predicted octanol–water partition coefficient (Wildman–Crippen LogP) is 2.83. The Morgan fingerprint density at radius 1 is 1.27 bits per heavy atom. The van der Waals surface area contributed by atoms with E-state index in [0.29, 0.717) is 11.3 Å². The van der Waals surface area contributed by atoms with Crippen LogP contribution in [-0.2, 0) is 20.2 Å². The average molecular weight is 390 g/mol. The average Bonchev–Trinajstić information content (AvgIpc) is 3.29. The summed E-state index contributed by atoms with van der Waals surface area (Å²) < 4.78 is 32.7. The first kappa shape index (κ1) is 16.7. The van der Waals surface area contributed by atoms with Gasteiger partial charge in [-0.05, 0) is 54.2 Å². The number of sulfonamides is 1. The monoisotopic (exact) mass is 390 g/mol. The Bertz CT molecular complexity index is 1100. The zero-order valence-electron chi connectivity index (χ0n) is 13.8. The molecule has 0 atom stereocenters. The van der Waals surface area contributed by atoms with Gasteiger partial charge in [0.1, 0.15) is 0 Å². The van der Waals surface area contributed by atoms with Crippen molar-refractivity contribution in [2.75, 3.05) is 10.0 Å². The van der Waals surface area contributed by atoms with Crippen LogP contribution in [0.5, 0.6) is 0 Å². The highest BCUT2D eigenvalue weighted by atomic mass is 32.2. The number of nitrogens with zero attached hydrogens (tertiary/aromatic N) is 2. The van der Waals surface area contributed by atoms with Crippen molar-refractivity contribution in [3.63, 3.8) is 0 Å². The van der Waals surface area contributed by atoms with Gasteiger partial charge in [0.2, 0.25) is 5.91 Å². The molecule has 2 N–H and O–H groups in total. The molecule has 0 spiro atoms. The summed E-state index contributed by atoms with van der Waals surface area (Å²) in [5, 5.41) is 10.1. The number of aromatic nitrogens is 2. The Balaban J connectivity index is 1.64. The predicted molar refractivity (Wildman–Crippen MR) is 96.5 cm³/mol. The van der Waals surface area contributed by atoms with E-state index in [2.05, 4.69) is 20.2 Å². The largest absolute Gasteiger partial charge is 0.332 e. The normalized spacial score (nSPS) is 15.5. The molecule has 0 aliphatic carbocycles. The number of nitrogens with one attached hydrogen (secondary N) is 2. The standard InChI is InChI=1S/C16H14N4O4S2/c1-16(2)11-7-10(3-4-12(11)17-14(16)21)26(22,23)20-15-18-13(24-19-15)9-5-6-25-8-9/h3-8H,1-2H3,(H,17,21)(H,19,20). The van der Waals surface area contributed by atoms with Gasteiger partial charge in [0, 0.05) is 11.1 Å². The molecule has 0 bridgehead atoms. The van der Waals surface area contributed by atoms with E-state index in [4.69, 9.17) is 4.52 Å². The summed E-state index contributed by atoms with van der Waals surface area (Å²) >= 11 is 1.47. The lowest BCUT2D eigenvalue weighted by molar-refractivity contribution is -0.119. The number of fused-ring (bicyclic) bond motifs is 1. The summed E-state index contributed by atoms with van der Waals surface area (Å²) in [4.78, 5) is 16.1. The molecule has 2 aromatic heterocycles. The molecule has 4 rings (SSSR count). The van der Waals surface area contributed by atoms with E-state index in [1.165, 1.54) is 23.5 Å². The Kier molecular flexibility index (Phi) is 3.63. The molecular weight excluding hydrogens is 376 g/mol. The molecule has 3 heterocycles. The fourth-order valence-corrected chi connectivity index (χ4v) is 4.26. The molecule has 0 unspecified atom stereocenters. The number of carbonyl (C=O) groups is 1. The van der Waals surface area contributed by atoms with Crippen LogP contribution < -0.4 is 10.0 Å². The number of rotatable bonds is 4. The first-order valence-corrected chi connectivity index (χ1v) is 10.0. The summed E-state index contributed by atoms with van der Waals surface area (Å²) in [6.45, 7) is 3.48. The lowest BCUT2D eigenvalue weighted by atomic mass is 9.86. The molecular formula is C16H14N4O4S2. The Morgan fingerprint density at radius 2 is 2.08 bits per heavy atom. The van der Waals surface area contributed by atoms with Gasteiger partial charge in [-0.2, -0.15) is 16.3 Å². The molecule has 0 saturated carbocycles. The van der Waals surface area contributed by atoms with Crippen LogP contribution in [0.4, 0.5) is 11.6 Å². The second-order valence-electron chi connectivity index (χ2n) is 6.33. The number of hydrogen-bond donors (Lipinski definition) is 2. The first-order chi connectivity index (χ1) is 12.3. The minimum absolute atomic E-state index is 0.0164. The SMILES string of the molecule is CC1(C)C(=O)Nc2ccc(S(=O)(=O)Nc3noc(-c4ccsc4)n3)cc21. The van der Waals surface area contributed by atoms with Crippen LogP contribution >= 0.6 is 11.3 Å². The van der Waals surface area contributed by atoms with Gasteiger partial charge in [-0.25, -0.2) is 13.1 Å². The van der Waals surface area contributed by atoms with E-state index in [0.717, 1.165) is 5.56 Å². The molecule has 0 radical (unpaired) electrons. The highest BCUT2D eigenvalue weighted by Crippen LogP contribution is 2.38. The van der Waals surface area contributed by atoms with Crippen molar-refractivity contribution in [2.24, 2.45) is 0 Å². The summed E-state index contributed by atoms with van der Waals surface area (Å²) in [6, 6.07) is 6.27. The fraction of sp³-hybridized carbons (Fsp3) is 0.188. The Hall–Kier alpha value is -2.72. The molecule has 26 heavy (non-hydrogen) atoms. The van der Waals surface area contributed by atoms with E-state index in [9.17, 15) is 13.2 Å². The van der Waals surface area contributed by atoms with Gasteiger partial charge in [-0.3, -0.25) is 4.79 Å². The van der Waals surface area contributed by atoms with E-state index in [1.807, 2.05) is 10.8 Å². The van der Waals surface area contributed by atoms with Gasteiger partial charge in [0.05, 0.1) is 15.9 Å². The van der Waals surface area contributed by atoms with Crippen LogP contribution in [0.3, 0.4) is 0 Å². The maximum atomic E-state index is 12.7. The van der Waals surface area contributed by atoms with Crippen molar-refractivity contribution in [3.05, 3.63) is 40.6 Å². The van der Waals surface area contributed by atoms with Gasteiger partial charge in [-0.1, -0.05) is 0 Å². The molecule has 1 aliphatic rings. The molecule has 1 aromatic carbocycles. The maximum absolute atomic E-state index is 12.7. The third kappa shape index (κ3) is 2.67. The van der Waals surface area contributed by atoms with Crippen molar-refractivity contribution in [1.29, 1.82) is 0 Å². The smallest absolute Gasteiger partial charge is 0.277 e. The van der Waals surface area contributed by atoms with E-state index in [-0.39, 0.29) is 22.6 Å². The quantitative estimate of drug-likeness (QED) is 0.708. The lowest BCUT2D eigenvalue weighted by Gasteiger charge is -2.15. The van der Waals surface area contributed by atoms with Gasteiger partial charge in [0.25, 0.3) is 21.9 Å². The summed E-state index contributed by atoms with van der Waals surface area (Å²) in [5.41, 5.74) is 1.14. The maximum Gasteiger partial charge on any atom is 0.277 e. The van der Waals surface area contributed by atoms with Crippen LogP contribution in [0.15, 0.2) is 44.4 Å². The van der Waals surface area contributed by atoms with Crippen molar-refractivity contribution in [2.45, 2.75) is 24.2 Å². The third-order valence-corrected chi connectivity index (χ3v) is 6.22. The van der Waals surface area contributed by atoms with Crippen molar-refractivity contribution in [1.82, 2.24) is 10.1 Å². The highest BCUT2D eigenvalue weighted by Gasteiger charge is 2.39. The second kappa shape index (κ2) is 5.64. The minimum Gasteiger partial charge on any atom is -0.332 e. The lowest BCUT2D eigenvalue weighted by Crippen LogP contribution is -2.27. The van der Waals surface area contributed by atoms with Gasteiger partial charge in [0.15, 0.2) is 0 Å². The Labute approximate surface area is 153 Å². The minimum atomic E-state index is -3.93. The molecule has 3 aromatic rings. The van der Waals surface area contributed by atoms with Crippen molar-refractivity contribution in [3.8, 4) is 11.5 Å². The molecule has 0 fully saturated rings. The van der Waals surface area contributed by atoms with Crippen LogP contribution in [0.2, 0.25) is 0 Å². The molecule has 134 valence electrons. The van der Waals surface area contributed by atoms with E-state index >= 15 is 0 Å². The number of benzene rings is 1. The number of carbonyl (C=O) groups excluding carboxylic acids is 1. The van der Waals surface area contributed by atoms with Crippen LogP contribution in [0.25, 0.3) is 11.5 Å². The molecule has 0 saturated heterocycles. The summed E-state index contributed by atoms with van der Waals surface area (Å²) in [5.74, 6) is -0.0948. The Morgan fingerprint density at radius 3 is 2.81 bits per heavy atom. The van der Waals surface area contributed by atoms with E-state index < -0.39 is 15.4 Å². The summed E-state index contributed by atoms with van der Waals surface area (Å²) in [6.07, 6.45) is 0. The van der Waals surface area contributed by atoms with Crippen molar-refractivity contribution >= 4 is 38.9 Å². The van der Waals surface area contributed by atoms with Gasteiger partial charge >= 0.3 is 0 Å². The van der Waals surface area contributed by atoms with Crippen LogP contribution in [0.1, 0.15) is 19.4 Å². The summed E-state index contributed by atoms with van der Waals surface area (Å²) in [7, 11) is -3.93. The highest BCUT2D eigenvalue weighted by molar-refractivity contribution is 7.92. The fourth-order valence-electron chi connectivity index (χ4n) is 2.66. The molecule has 1 aliphatic heterocycles. The van der Waals surface area contributed by atoms with Crippen LogP contribution in [-0.4, -0.2) is 24.5 Å². The third-order valence-electron chi connectivity index (χ3n) is 4.21. The number of amides is 1. The number of anilines is 2. The zero-order chi connectivity index (χ0) is 18.5. The molecule has 10 heteroatoms. The topological polar surface area (TPSA) is 114 Å². The van der Waals surface area contributed by atoms with Crippen molar-refractivity contribution < 1.29 is 17.7 Å². The van der Waals surface area contributed by atoms with E-state index in [1.54, 1.807) is 26.0 Å². The van der Waals surface area contributed by atoms with Crippen LogP contribution in [0, 0.1) is 0 Å². The second-order valence-corrected chi connectivity index (χ2v) is 8.79. The first-order valence-electron chi connectivity index (χ1n) is 7.62. The number of thiophene rings is 1. The molecule has 8 nitrogen and oxygen atoms in total. The zero-order valence-corrected chi connectivity index (χ0v) is 15.4. The number of hydrogen-bond acceptors (Lipinski definition) is 7. The van der Waals surface area contributed by atoms with Gasteiger partial charge < -0.3 is 9.84 Å². The molecule has 1 amide bonds.